The third-order valence-corrected chi connectivity index (χ3v) is 25.8. The second kappa shape index (κ2) is 43.1. The molecule has 6 aromatic rings. The van der Waals surface area contributed by atoms with Crippen molar-refractivity contribution in [3.8, 4) is 0 Å². The van der Waals surface area contributed by atoms with Gasteiger partial charge in [0, 0.05) is 152 Å². The number of ketones is 1. The highest BCUT2D eigenvalue weighted by molar-refractivity contribution is 7.90. The molecule has 110 heavy (non-hydrogen) atoms. The molecule has 9 rings (SSSR count). The highest BCUT2D eigenvalue weighted by Gasteiger charge is 2.33. The molecule has 0 fully saturated rings. The highest BCUT2D eigenvalue weighted by atomic mass is 35.5. The Bertz CT molecular complexity index is 4020. The molecule has 3 heterocycles. The number of ether oxygens (including phenoxy) is 6. The van der Waals surface area contributed by atoms with Gasteiger partial charge in [0.25, 0.3) is 0 Å². The minimum atomic E-state index is -3.87. The number of fused-ring (bicyclic) bond motifs is 3. The fraction of sp³-hybridized carbons (Fsp3) is 0.500. The van der Waals surface area contributed by atoms with Crippen LogP contribution in [0.5, 0.6) is 0 Å². The first-order valence-electron chi connectivity index (χ1n) is 36.9. The molecule has 0 aliphatic carbocycles. The van der Waals surface area contributed by atoms with Crippen molar-refractivity contribution in [1.82, 2.24) is 39.5 Å². The number of nitrogens with zero attached hydrogens (tertiary/aromatic N) is 3. The van der Waals surface area contributed by atoms with Crippen molar-refractivity contribution in [2.45, 2.75) is 110 Å². The first-order valence-corrected chi connectivity index (χ1v) is 43.6. The summed E-state index contributed by atoms with van der Waals surface area (Å²) in [6, 6.07) is 31.4. The van der Waals surface area contributed by atoms with E-state index >= 15 is 0 Å². The first-order chi connectivity index (χ1) is 52.6. The van der Waals surface area contributed by atoms with Crippen LogP contribution in [-0.2, 0) is 92.5 Å². The maximum atomic E-state index is 13.4. The number of carbonyl (C=O) groups is 3. The van der Waals surface area contributed by atoms with Gasteiger partial charge in [-0.25, -0.2) is 39.4 Å². The third kappa shape index (κ3) is 27.1. The van der Waals surface area contributed by atoms with Crippen LogP contribution in [0.15, 0.2) is 124 Å². The number of halogens is 6. The highest BCUT2D eigenvalue weighted by Crippen LogP contribution is 2.43. The SMILES string of the molecule is CN1Cc2c(Cl)cc(Cl)cc2[C@H](c2cccc(S(=O)(=O)NCCOCCOCCCC(=O)CCC(C)(CCC(=O)NCCOCCOCCNS(=O)(=O)c3cccc([C@@H]4CN(C)Cc5c(Cl)cc(Cl)cc54)c3)CCC(=O)NCCOCCOCCNS(=O)(=O)c3cccc([C@@H]4CN(C)Cc5c(Cl)cc(Cl)cc54)c3)c2)C1. The van der Waals surface area contributed by atoms with E-state index in [0.717, 1.165) is 50.1 Å². The molecule has 602 valence electrons. The van der Waals surface area contributed by atoms with Gasteiger partial charge in [-0.3, -0.25) is 14.4 Å². The molecule has 2 amide bonds. The Labute approximate surface area is 677 Å². The van der Waals surface area contributed by atoms with E-state index in [9.17, 15) is 39.6 Å². The van der Waals surface area contributed by atoms with E-state index in [0.29, 0.717) is 102 Å². The fourth-order valence-electron chi connectivity index (χ4n) is 13.9. The zero-order valence-electron chi connectivity index (χ0n) is 62.5. The number of likely N-dealkylation sites (N-methyl/N-ethyl adjacent to an activating group) is 3. The van der Waals surface area contributed by atoms with Crippen LogP contribution >= 0.6 is 69.6 Å². The topological polar surface area (TPSA) is 279 Å². The number of rotatable bonds is 46. The van der Waals surface area contributed by atoms with Gasteiger partial charge in [-0.05, 0) is 175 Å². The molecule has 23 nitrogen and oxygen atoms in total. The lowest BCUT2D eigenvalue weighted by Crippen LogP contribution is -2.32. The minimum absolute atomic E-state index is 0.0146. The van der Waals surface area contributed by atoms with E-state index in [1.807, 2.05) is 64.5 Å². The molecular formula is C78H100Cl6N8O15S3. The lowest BCUT2D eigenvalue weighted by molar-refractivity contribution is -0.122. The van der Waals surface area contributed by atoms with Crippen LogP contribution in [0, 0.1) is 5.41 Å². The van der Waals surface area contributed by atoms with Crippen LogP contribution in [0.1, 0.15) is 126 Å². The molecule has 0 radical (unpaired) electrons. The van der Waals surface area contributed by atoms with Crippen molar-refractivity contribution in [3.05, 3.63) is 189 Å². The quantitative estimate of drug-likeness (QED) is 0.0222. The number of amides is 2. The van der Waals surface area contributed by atoms with Gasteiger partial charge in [-0.2, -0.15) is 0 Å². The van der Waals surface area contributed by atoms with Gasteiger partial charge in [0.1, 0.15) is 5.78 Å². The smallest absolute Gasteiger partial charge is 0.240 e. The summed E-state index contributed by atoms with van der Waals surface area (Å²) in [4.78, 5) is 46.6. The molecule has 3 aliphatic heterocycles. The molecule has 5 N–H and O–H groups in total. The molecule has 0 saturated heterocycles. The third-order valence-electron chi connectivity index (χ3n) is 19.7. The lowest BCUT2D eigenvalue weighted by Gasteiger charge is -2.33. The van der Waals surface area contributed by atoms with E-state index in [4.69, 9.17) is 98.0 Å². The van der Waals surface area contributed by atoms with Crippen molar-refractivity contribution in [2.75, 3.05) is 153 Å². The summed E-state index contributed by atoms with van der Waals surface area (Å²) in [6.07, 6.45) is 2.46. The number of hydrogen-bond donors (Lipinski definition) is 5. The summed E-state index contributed by atoms with van der Waals surface area (Å²) < 4.78 is 122. The van der Waals surface area contributed by atoms with E-state index < -0.39 is 35.5 Å². The number of sulfonamides is 3. The Morgan fingerprint density at radius 1 is 0.400 bits per heavy atom. The van der Waals surface area contributed by atoms with Gasteiger partial charge in [-0.15, -0.1) is 0 Å². The summed E-state index contributed by atoms with van der Waals surface area (Å²) in [7, 11) is -5.62. The summed E-state index contributed by atoms with van der Waals surface area (Å²) in [5, 5.41) is 9.06. The second-order valence-electron chi connectivity index (χ2n) is 28.4. The molecular weight excluding hydrogens is 1600 g/mol. The number of hydrogen-bond acceptors (Lipinski definition) is 18. The molecule has 0 unspecified atom stereocenters. The van der Waals surface area contributed by atoms with Gasteiger partial charge in [0.15, 0.2) is 0 Å². The largest absolute Gasteiger partial charge is 0.379 e. The zero-order valence-corrected chi connectivity index (χ0v) is 69.5. The average Bonchev–Trinajstić information content (AvgIpc) is 0.782. The van der Waals surface area contributed by atoms with Crippen LogP contribution in [0.3, 0.4) is 0 Å². The molecule has 3 atom stereocenters. The molecule has 3 aliphatic rings. The Morgan fingerprint density at radius 3 is 1.03 bits per heavy atom. The average molecular weight is 1700 g/mol. The summed E-state index contributed by atoms with van der Waals surface area (Å²) in [5.41, 5.74) is 7.75. The Morgan fingerprint density at radius 2 is 0.700 bits per heavy atom. The lowest BCUT2D eigenvalue weighted by atomic mass is 9.76. The normalized spacial score (nSPS) is 16.5. The predicted molar refractivity (Wildman–Crippen MR) is 430 cm³/mol. The van der Waals surface area contributed by atoms with E-state index in [2.05, 4.69) is 39.5 Å². The van der Waals surface area contributed by atoms with Crippen LogP contribution in [0.2, 0.25) is 30.1 Å². The van der Waals surface area contributed by atoms with E-state index in [1.165, 1.54) is 0 Å². The van der Waals surface area contributed by atoms with Crippen LogP contribution < -0.4 is 24.8 Å². The molecule has 0 spiro atoms. The van der Waals surface area contributed by atoms with Crippen molar-refractivity contribution in [2.24, 2.45) is 5.41 Å². The predicted octanol–water partition coefficient (Wildman–Crippen LogP) is 11.6. The van der Waals surface area contributed by atoms with Crippen LogP contribution in [-0.4, -0.2) is 210 Å². The molecule has 0 saturated carbocycles. The van der Waals surface area contributed by atoms with Gasteiger partial charge in [-0.1, -0.05) is 113 Å². The molecule has 0 bridgehead atoms. The minimum Gasteiger partial charge on any atom is -0.379 e. The maximum Gasteiger partial charge on any atom is 0.240 e. The standard InChI is InChI=1S/C78H100Cl6N8O15S3/c1-78(19-16-60(93)12-8-27-102-33-34-105-30-24-87-108(96,97)61-13-5-9-54(39-61)67-48-90(2)51-70-64(67)42-57(79)45-73(70)82,20-17-76(94)85-22-28-103-35-37-106-31-25-88-109(98,99)62-14-6-10-55(40-62)68-49-91(3)52-71-65(68)43-58(80)46-74(71)83)21-18-77(95)86-23-29-104-36-38-107-32-26-89-110(100,101)63-15-7-11-56(41-63)69-50-92(4)53-72-66(69)44-59(81)47-75(72)84/h5-7,9-11,13-15,39-47,67-69,87-89H,8,12,16-38,48-53H2,1-4H3,(H,85,94)(H,86,95)/t67-,68-,69-/m0/s1. The summed E-state index contributed by atoms with van der Waals surface area (Å²) >= 11 is 38.9. The van der Waals surface area contributed by atoms with Crippen molar-refractivity contribution < 1.29 is 68.1 Å². The van der Waals surface area contributed by atoms with Crippen molar-refractivity contribution >= 4 is 117 Å². The second-order valence-corrected chi connectivity index (χ2v) is 36.2. The van der Waals surface area contributed by atoms with Crippen molar-refractivity contribution in [1.29, 1.82) is 0 Å². The van der Waals surface area contributed by atoms with Crippen LogP contribution in [0.4, 0.5) is 0 Å². The number of Topliss-reactive ketones (excluding diaryl/α,β-unsaturated/α-hetero) is 1. The zero-order chi connectivity index (χ0) is 79.0. The number of nitrogens with one attached hydrogen (secondary N) is 5. The number of benzene rings is 6. The summed E-state index contributed by atoms with van der Waals surface area (Å²) in [6.45, 7) is 8.74. The Kier molecular flexibility index (Phi) is 34.9. The summed E-state index contributed by atoms with van der Waals surface area (Å²) in [5.74, 6) is -0.818. The maximum absolute atomic E-state index is 13.4. The Balaban J connectivity index is 0.651. The van der Waals surface area contributed by atoms with Crippen LogP contribution in [0.25, 0.3) is 0 Å². The van der Waals surface area contributed by atoms with Gasteiger partial charge < -0.3 is 53.8 Å². The molecule has 6 aromatic carbocycles. The van der Waals surface area contributed by atoms with Crippen molar-refractivity contribution in [3.63, 3.8) is 0 Å². The van der Waals surface area contributed by atoms with Gasteiger partial charge in [0.05, 0.1) is 87.4 Å². The molecule has 0 aromatic heterocycles. The number of carbonyl (C=O) groups excluding carboxylic acids is 3. The van der Waals surface area contributed by atoms with E-state index in [1.54, 1.807) is 72.8 Å². The molecule has 32 heteroatoms. The fourth-order valence-corrected chi connectivity index (χ4v) is 18.8. The monoisotopic (exact) mass is 1690 g/mol. The first kappa shape index (κ1) is 89.0. The Hall–Kier alpha value is -4.96. The van der Waals surface area contributed by atoms with Gasteiger partial charge >= 0.3 is 0 Å². The van der Waals surface area contributed by atoms with Gasteiger partial charge in [0.2, 0.25) is 41.9 Å². The van der Waals surface area contributed by atoms with E-state index in [-0.39, 0.29) is 181 Å².